The number of alkyl halides is 3. The third-order valence-corrected chi connectivity index (χ3v) is 7.19. The summed E-state index contributed by atoms with van der Waals surface area (Å²) < 4.78 is 43.7. The van der Waals surface area contributed by atoms with Crippen molar-refractivity contribution >= 4 is 52.8 Å². The van der Waals surface area contributed by atoms with E-state index < -0.39 is 24.1 Å². The normalized spacial score (nSPS) is 20.7. The quantitative estimate of drug-likeness (QED) is 0.393. The van der Waals surface area contributed by atoms with Crippen molar-refractivity contribution in [2.24, 2.45) is 0 Å². The van der Waals surface area contributed by atoms with Crippen molar-refractivity contribution in [2.45, 2.75) is 50.9 Å². The third-order valence-electron chi connectivity index (χ3n) is 5.99. The van der Waals surface area contributed by atoms with E-state index in [0.29, 0.717) is 12.1 Å². The summed E-state index contributed by atoms with van der Waals surface area (Å²) >= 11 is 18.0. The van der Waals surface area contributed by atoms with E-state index in [1.165, 1.54) is 4.90 Å². The fourth-order valence-corrected chi connectivity index (χ4v) is 4.74. The molecule has 2 aromatic rings. The van der Waals surface area contributed by atoms with Crippen molar-refractivity contribution < 1.29 is 22.8 Å². The lowest BCUT2D eigenvalue weighted by Gasteiger charge is -2.37. The number of aromatic nitrogens is 1. The van der Waals surface area contributed by atoms with Gasteiger partial charge in [-0.2, -0.15) is 13.2 Å². The van der Waals surface area contributed by atoms with Gasteiger partial charge in [-0.05, 0) is 42.7 Å². The Labute approximate surface area is 204 Å². The highest BCUT2D eigenvalue weighted by Gasteiger charge is 2.65. The summed E-state index contributed by atoms with van der Waals surface area (Å²) in [5.41, 5.74) is -1.52. The molecule has 1 N–H and O–H groups in total. The summed E-state index contributed by atoms with van der Waals surface area (Å²) in [6.45, 7) is 3.60. The Hall–Kier alpha value is -2.03. The molecular formula is C22H21Cl3F3N3O2. The van der Waals surface area contributed by atoms with Crippen molar-refractivity contribution in [3.05, 3.63) is 56.2 Å². The number of anilines is 1. The SMILES string of the molecule is CCC(=O)NCc1ccc(N2CCC(c3cc(Cl)c(Cl)c(Cl)c3)(C(F)(F)F)C2C=O)nc1C. The van der Waals surface area contributed by atoms with Gasteiger partial charge in [0.25, 0.3) is 0 Å². The average Bonchev–Trinajstić information content (AvgIpc) is 3.16. The molecule has 1 fully saturated rings. The van der Waals surface area contributed by atoms with E-state index in [0.717, 1.165) is 17.7 Å². The number of benzene rings is 1. The number of halogens is 6. The van der Waals surface area contributed by atoms with Gasteiger partial charge in [-0.3, -0.25) is 4.79 Å². The molecule has 178 valence electrons. The Morgan fingerprint density at radius 1 is 1.27 bits per heavy atom. The van der Waals surface area contributed by atoms with Gasteiger partial charge in [0, 0.05) is 25.2 Å². The first-order chi connectivity index (χ1) is 15.5. The van der Waals surface area contributed by atoms with Gasteiger partial charge >= 0.3 is 6.18 Å². The minimum absolute atomic E-state index is 0.0556. The van der Waals surface area contributed by atoms with Crippen LogP contribution in [0.25, 0.3) is 0 Å². The number of carbonyl (C=O) groups is 2. The van der Waals surface area contributed by atoms with Crippen LogP contribution < -0.4 is 10.2 Å². The maximum Gasteiger partial charge on any atom is 0.400 e. The summed E-state index contributed by atoms with van der Waals surface area (Å²) in [4.78, 5) is 29.4. The number of aryl methyl sites for hydroxylation is 1. The largest absolute Gasteiger partial charge is 0.400 e. The van der Waals surface area contributed by atoms with Gasteiger partial charge in [0.05, 0.1) is 15.1 Å². The Bertz CT molecular complexity index is 1060. The van der Waals surface area contributed by atoms with Gasteiger partial charge in [0.15, 0.2) is 0 Å². The van der Waals surface area contributed by atoms with Crippen LogP contribution in [0.4, 0.5) is 19.0 Å². The number of pyridine rings is 1. The molecule has 5 nitrogen and oxygen atoms in total. The lowest BCUT2D eigenvalue weighted by atomic mass is 9.73. The minimum atomic E-state index is -4.78. The lowest BCUT2D eigenvalue weighted by molar-refractivity contribution is -0.192. The van der Waals surface area contributed by atoms with Gasteiger partial charge in [0.2, 0.25) is 5.91 Å². The van der Waals surface area contributed by atoms with Gasteiger partial charge in [-0.15, -0.1) is 0 Å². The van der Waals surface area contributed by atoms with Crippen LogP contribution in [-0.4, -0.2) is 35.9 Å². The molecule has 0 aliphatic carbocycles. The lowest BCUT2D eigenvalue weighted by Crippen LogP contribution is -2.53. The van der Waals surface area contributed by atoms with E-state index in [9.17, 15) is 22.8 Å². The van der Waals surface area contributed by atoms with Crippen LogP contribution in [-0.2, 0) is 21.5 Å². The van der Waals surface area contributed by atoms with E-state index >= 15 is 0 Å². The molecule has 11 heteroatoms. The van der Waals surface area contributed by atoms with Crippen molar-refractivity contribution in [3.63, 3.8) is 0 Å². The van der Waals surface area contributed by atoms with Crippen molar-refractivity contribution in [1.29, 1.82) is 0 Å². The number of nitrogens with zero attached hydrogens (tertiary/aromatic N) is 2. The molecule has 2 unspecified atom stereocenters. The van der Waals surface area contributed by atoms with E-state index in [4.69, 9.17) is 34.8 Å². The highest BCUT2D eigenvalue weighted by Crippen LogP contribution is 2.53. The third kappa shape index (κ3) is 4.66. The fraction of sp³-hybridized carbons (Fsp3) is 0.409. The predicted molar refractivity (Wildman–Crippen MR) is 122 cm³/mol. The zero-order valence-corrected chi connectivity index (χ0v) is 20.0. The zero-order valence-electron chi connectivity index (χ0n) is 17.8. The molecule has 0 saturated carbocycles. The van der Waals surface area contributed by atoms with E-state index in [2.05, 4.69) is 10.3 Å². The Kier molecular flexibility index (Phi) is 7.51. The number of hydrogen-bond donors (Lipinski definition) is 1. The van der Waals surface area contributed by atoms with Crippen LogP contribution in [0.2, 0.25) is 15.1 Å². The average molecular weight is 523 g/mol. The van der Waals surface area contributed by atoms with Crippen molar-refractivity contribution in [3.8, 4) is 0 Å². The molecule has 33 heavy (non-hydrogen) atoms. The van der Waals surface area contributed by atoms with Gasteiger partial charge in [-0.1, -0.05) is 47.8 Å². The summed E-state index contributed by atoms with van der Waals surface area (Å²) in [5.74, 6) is 0.0988. The molecule has 0 radical (unpaired) electrons. The molecule has 3 rings (SSSR count). The fourth-order valence-electron chi connectivity index (χ4n) is 4.14. The summed E-state index contributed by atoms with van der Waals surface area (Å²) in [5, 5.41) is 2.43. The topological polar surface area (TPSA) is 62.3 Å². The smallest absolute Gasteiger partial charge is 0.352 e. The van der Waals surface area contributed by atoms with Crippen LogP contribution in [0.1, 0.15) is 36.6 Å². The van der Waals surface area contributed by atoms with Crippen molar-refractivity contribution in [2.75, 3.05) is 11.4 Å². The number of amides is 1. The van der Waals surface area contributed by atoms with Crippen LogP contribution in [0.3, 0.4) is 0 Å². The first-order valence-electron chi connectivity index (χ1n) is 10.1. The van der Waals surface area contributed by atoms with Crippen LogP contribution in [0.15, 0.2) is 24.3 Å². The first-order valence-corrected chi connectivity index (χ1v) is 11.3. The standard InChI is InChI=1S/C22H21Cl3F3N3O2/c1-3-19(33)29-10-13-4-5-18(30-12(13)2)31-7-6-21(17(31)11-32,22(26,27)28)14-8-15(23)20(25)16(24)9-14/h4-5,8-9,11,17H,3,6-7,10H2,1-2H3,(H,29,33). The summed E-state index contributed by atoms with van der Waals surface area (Å²) in [6.07, 6.45) is -4.57. The van der Waals surface area contributed by atoms with Gasteiger partial charge < -0.3 is 15.0 Å². The van der Waals surface area contributed by atoms with Gasteiger partial charge in [-0.25, -0.2) is 4.98 Å². The molecule has 0 spiro atoms. The maximum atomic E-state index is 14.6. The predicted octanol–water partition coefficient (Wildman–Crippen LogP) is 5.65. The zero-order chi connectivity index (χ0) is 24.6. The van der Waals surface area contributed by atoms with Crippen LogP contribution >= 0.6 is 34.8 Å². The molecule has 1 aliphatic heterocycles. The summed E-state index contributed by atoms with van der Waals surface area (Å²) in [7, 11) is 0. The maximum absolute atomic E-state index is 14.6. The van der Waals surface area contributed by atoms with E-state index in [-0.39, 0.29) is 51.7 Å². The molecule has 1 amide bonds. The number of rotatable bonds is 6. The molecule has 2 atom stereocenters. The number of aldehydes is 1. The molecule has 1 aliphatic rings. The minimum Gasteiger partial charge on any atom is -0.352 e. The van der Waals surface area contributed by atoms with Crippen LogP contribution in [0, 0.1) is 6.92 Å². The molecule has 1 aromatic heterocycles. The molecular weight excluding hydrogens is 502 g/mol. The number of carbonyl (C=O) groups excluding carboxylic acids is 2. The molecule has 0 bridgehead atoms. The number of hydrogen-bond acceptors (Lipinski definition) is 4. The van der Waals surface area contributed by atoms with E-state index in [1.807, 2.05) is 0 Å². The van der Waals surface area contributed by atoms with Crippen LogP contribution in [0.5, 0.6) is 0 Å². The highest BCUT2D eigenvalue weighted by atomic mass is 35.5. The highest BCUT2D eigenvalue weighted by molar-refractivity contribution is 6.48. The van der Waals surface area contributed by atoms with E-state index in [1.54, 1.807) is 26.0 Å². The van der Waals surface area contributed by atoms with Crippen molar-refractivity contribution in [1.82, 2.24) is 10.3 Å². The Balaban J connectivity index is 2.03. The second kappa shape index (κ2) is 9.68. The summed E-state index contributed by atoms with van der Waals surface area (Å²) in [6, 6.07) is 3.86. The number of nitrogens with one attached hydrogen (secondary N) is 1. The molecule has 2 heterocycles. The second-order valence-electron chi connectivity index (χ2n) is 7.79. The second-order valence-corrected chi connectivity index (χ2v) is 8.98. The Morgan fingerprint density at radius 3 is 2.42 bits per heavy atom. The monoisotopic (exact) mass is 521 g/mol. The molecule has 1 aromatic carbocycles. The first kappa shape index (κ1) is 25.6. The Morgan fingerprint density at radius 2 is 1.91 bits per heavy atom. The molecule has 1 saturated heterocycles. The van der Waals surface area contributed by atoms with Gasteiger partial charge in [0.1, 0.15) is 23.6 Å².